The van der Waals surface area contributed by atoms with Crippen LogP contribution in [0.3, 0.4) is 0 Å². The molecule has 1 saturated heterocycles. The van der Waals surface area contributed by atoms with E-state index in [1.165, 1.54) is 5.56 Å². The highest BCUT2D eigenvalue weighted by atomic mass is 35.5. The van der Waals surface area contributed by atoms with Crippen molar-refractivity contribution >= 4 is 23.3 Å². The number of likely N-dealkylation sites (tertiary alicyclic amines) is 1. The summed E-state index contributed by atoms with van der Waals surface area (Å²) in [4.78, 5) is 27.0. The van der Waals surface area contributed by atoms with E-state index in [1.54, 1.807) is 6.07 Å². The second-order valence-electron chi connectivity index (χ2n) is 7.59. The van der Waals surface area contributed by atoms with Crippen molar-refractivity contribution < 1.29 is 14.7 Å². The van der Waals surface area contributed by atoms with Crippen LogP contribution in [0.5, 0.6) is 0 Å². The Morgan fingerprint density at radius 1 is 1.15 bits per heavy atom. The van der Waals surface area contributed by atoms with Crippen LogP contribution in [0.4, 0.5) is 0 Å². The number of fused-ring (bicyclic) bond motifs is 1. The van der Waals surface area contributed by atoms with Gasteiger partial charge in [-0.05, 0) is 54.5 Å². The molecule has 2 aromatic carbocycles. The number of aryl methyl sites for hydroxylation is 1. The number of amides is 1. The molecule has 1 amide bonds. The number of benzene rings is 2. The zero-order valence-electron chi connectivity index (χ0n) is 15.1. The molecule has 0 bridgehead atoms. The summed E-state index contributed by atoms with van der Waals surface area (Å²) in [5.74, 6) is -0.0949. The highest BCUT2D eigenvalue weighted by Gasteiger charge is 2.48. The van der Waals surface area contributed by atoms with Gasteiger partial charge in [-0.15, -0.1) is 0 Å². The molecule has 1 fully saturated rings. The number of rotatable bonds is 4. The van der Waals surface area contributed by atoms with E-state index in [0.717, 1.165) is 36.9 Å². The summed E-state index contributed by atoms with van der Waals surface area (Å²) in [6.07, 6.45) is 3.17. The molecule has 1 spiro atoms. The van der Waals surface area contributed by atoms with E-state index in [4.69, 9.17) is 16.7 Å². The average Bonchev–Trinajstić information content (AvgIpc) is 2.98. The summed E-state index contributed by atoms with van der Waals surface area (Å²) in [6.45, 7) is 0.777. The van der Waals surface area contributed by atoms with Crippen LogP contribution in [-0.2, 0) is 24.2 Å². The molecule has 1 heterocycles. The lowest BCUT2D eigenvalue weighted by molar-refractivity contribution is -0.137. The first-order valence-corrected chi connectivity index (χ1v) is 9.69. The van der Waals surface area contributed by atoms with Crippen LogP contribution in [0, 0.1) is 5.41 Å². The molecule has 1 atom stereocenters. The van der Waals surface area contributed by atoms with Crippen LogP contribution < -0.4 is 0 Å². The minimum absolute atomic E-state index is 0.187. The molecule has 4 nitrogen and oxygen atoms in total. The van der Waals surface area contributed by atoms with Crippen molar-refractivity contribution in [3.63, 3.8) is 0 Å². The number of halogens is 1. The summed E-state index contributed by atoms with van der Waals surface area (Å²) in [6, 6.07) is 13.2. The quantitative estimate of drug-likeness (QED) is 0.823. The van der Waals surface area contributed by atoms with Crippen molar-refractivity contribution in [3.8, 4) is 0 Å². The van der Waals surface area contributed by atoms with Crippen LogP contribution >= 0.6 is 11.6 Å². The largest absolute Gasteiger partial charge is 0.388 e. The van der Waals surface area contributed by atoms with Gasteiger partial charge in [0, 0.05) is 23.7 Å². The maximum absolute atomic E-state index is 13.3. The highest BCUT2D eigenvalue weighted by Crippen LogP contribution is 2.44. The van der Waals surface area contributed by atoms with Crippen molar-refractivity contribution in [2.75, 3.05) is 13.2 Å². The monoisotopic (exact) mass is 383 g/mol. The predicted octanol–water partition coefficient (Wildman–Crippen LogP) is 3.42. The number of carbonyl (C=O) groups excluding carboxylic acids is 2. The van der Waals surface area contributed by atoms with Crippen molar-refractivity contribution in [3.05, 3.63) is 69.7 Å². The van der Waals surface area contributed by atoms with Crippen molar-refractivity contribution in [2.24, 2.45) is 5.41 Å². The molecule has 27 heavy (non-hydrogen) atoms. The van der Waals surface area contributed by atoms with Gasteiger partial charge in [0.15, 0.2) is 5.78 Å². The lowest BCUT2D eigenvalue weighted by Gasteiger charge is -2.33. The molecular weight excluding hydrogens is 362 g/mol. The molecule has 1 N–H and O–H groups in total. The van der Waals surface area contributed by atoms with Crippen LogP contribution in [0.2, 0.25) is 5.02 Å². The molecule has 0 unspecified atom stereocenters. The fourth-order valence-corrected chi connectivity index (χ4v) is 4.59. The number of aliphatic hydroxyl groups is 1. The van der Waals surface area contributed by atoms with Crippen LogP contribution in [-0.4, -0.2) is 34.8 Å². The first kappa shape index (κ1) is 18.2. The number of nitrogens with zero attached hydrogens (tertiary/aromatic N) is 1. The van der Waals surface area contributed by atoms with E-state index in [2.05, 4.69) is 0 Å². The smallest absolute Gasteiger partial charge is 0.229 e. The second-order valence-corrected chi connectivity index (χ2v) is 8.00. The van der Waals surface area contributed by atoms with E-state index in [9.17, 15) is 9.59 Å². The van der Waals surface area contributed by atoms with Crippen molar-refractivity contribution in [1.82, 2.24) is 4.90 Å². The number of hydrogen-bond acceptors (Lipinski definition) is 3. The number of hydrogen-bond donors (Lipinski definition) is 1. The van der Waals surface area contributed by atoms with Gasteiger partial charge in [-0.3, -0.25) is 9.59 Å². The molecule has 140 valence electrons. The highest BCUT2D eigenvalue weighted by molar-refractivity contribution is 6.31. The average molecular weight is 384 g/mol. The van der Waals surface area contributed by atoms with Gasteiger partial charge in [0.25, 0.3) is 0 Å². The van der Waals surface area contributed by atoms with Crippen LogP contribution in [0.1, 0.15) is 39.9 Å². The van der Waals surface area contributed by atoms with Gasteiger partial charge < -0.3 is 10.0 Å². The molecule has 2 aromatic rings. The van der Waals surface area contributed by atoms with Gasteiger partial charge in [0.2, 0.25) is 5.91 Å². The van der Waals surface area contributed by atoms with Gasteiger partial charge in [-0.25, -0.2) is 0 Å². The molecule has 0 saturated carbocycles. The molecule has 4 rings (SSSR count). The third kappa shape index (κ3) is 3.28. The molecule has 5 heteroatoms. The SMILES string of the molecule is O=C(CO)c1ccc2c(c1)C[C@@]1(CC2)CCN(Cc2ccccc2Cl)C1=O. The zero-order valence-corrected chi connectivity index (χ0v) is 15.8. The zero-order chi connectivity index (χ0) is 19.0. The van der Waals surface area contributed by atoms with E-state index >= 15 is 0 Å². The Hall–Kier alpha value is -2.17. The number of Topliss-reactive ketones (excluding diaryl/α,β-unsaturated/α-hetero) is 1. The molecule has 0 radical (unpaired) electrons. The lowest BCUT2D eigenvalue weighted by atomic mass is 9.70. The predicted molar refractivity (Wildman–Crippen MR) is 104 cm³/mol. The van der Waals surface area contributed by atoms with E-state index in [0.29, 0.717) is 23.6 Å². The normalized spacial score (nSPS) is 21.6. The molecule has 1 aliphatic heterocycles. The van der Waals surface area contributed by atoms with Crippen LogP contribution in [0.25, 0.3) is 0 Å². The van der Waals surface area contributed by atoms with Gasteiger partial charge in [0.1, 0.15) is 6.61 Å². The first-order valence-electron chi connectivity index (χ1n) is 9.31. The number of ketones is 1. The Labute approximate surface area is 163 Å². The second kappa shape index (κ2) is 7.10. The van der Waals surface area contributed by atoms with E-state index in [-0.39, 0.29) is 17.1 Å². The fourth-order valence-electron chi connectivity index (χ4n) is 4.40. The van der Waals surface area contributed by atoms with E-state index in [1.807, 2.05) is 41.3 Å². The maximum Gasteiger partial charge on any atom is 0.229 e. The Bertz CT molecular complexity index is 910. The van der Waals surface area contributed by atoms with Gasteiger partial charge >= 0.3 is 0 Å². The standard InChI is InChI=1S/C22H22ClNO3/c23-19-4-2-1-3-17(19)13-24-10-9-22(21(24)27)8-7-15-5-6-16(20(26)14-25)11-18(15)12-22/h1-6,11,25H,7-10,12-14H2/t22-/m1/s1. The minimum Gasteiger partial charge on any atom is -0.388 e. The maximum atomic E-state index is 13.3. The summed E-state index contributed by atoms with van der Waals surface area (Å²) in [7, 11) is 0. The van der Waals surface area contributed by atoms with Crippen molar-refractivity contribution in [2.45, 2.75) is 32.2 Å². The van der Waals surface area contributed by atoms with E-state index < -0.39 is 6.61 Å². The summed E-state index contributed by atoms with van der Waals surface area (Å²) in [5, 5.41) is 9.80. The molecule has 2 aliphatic rings. The van der Waals surface area contributed by atoms with Crippen molar-refractivity contribution in [1.29, 1.82) is 0 Å². The lowest BCUT2D eigenvalue weighted by Crippen LogP contribution is -2.38. The Balaban J connectivity index is 1.56. The minimum atomic E-state index is -0.492. The molecule has 0 aromatic heterocycles. The Morgan fingerprint density at radius 2 is 1.96 bits per heavy atom. The van der Waals surface area contributed by atoms with Crippen LogP contribution in [0.15, 0.2) is 42.5 Å². The topological polar surface area (TPSA) is 57.6 Å². The first-order chi connectivity index (χ1) is 13.0. The summed E-state index contributed by atoms with van der Waals surface area (Å²) in [5.41, 5.74) is 3.37. The van der Waals surface area contributed by atoms with Gasteiger partial charge in [-0.2, -0.15) is 0 Å². The number of aliphatic hydroxyl groups excluding tert-OH is 1. The third-order valence-corrected chi connectivity index (χ3v) is 6.36. The van der Waals surface area contributed by atoms with Gasteiger partial charge in [-0.1, -0.05) is 41.9 Å². The summed E-state index contributed by atoms with van der Waals surface area (Å²) >= 11 is 6.27. The number of carbonyl (C=O) groups is 2. The fraction of sp³-hybridized carbons (Fsp3) is 0.364. The molecular formula is C22H22ClNO3. The Morgan fingerprint density at radius 3 is 2.74 bits per heavy atom. The molecule has 1 aliphatic carbocycles. The summed E-state index contributed by atoms with van der Waals surface area (Å²) < 4.78 is 0. The van der Waals surface area contributed by atoms with Gasteiger partial charge in [0.05, 0.1) is 5.41 Å². The Kier molecular flexibility index (Phi) is 4.79. The third-order valence-electron chi connectivity index (χ3n) is 5.99.